The maximum atomic E-state index is 4.52. The molecule has 1 nitrogen and oxygen atoms in total. The number of nitrogens with zero attached hydrogens (tertiary/aromatic N) is 1. The molecule has 0 aliphatic heterocycles. The van der Waals surface area contributed by atoms with E-state index in [0.717, 1.165) is 26.0 Å². The van der Waals surface area contributed by atoms with Crippen molar-refractivity contribution >= 4 is 31.2 Å². The molecule has 13 heavy (non-hydrogen) atoms. The summed E-state index contributed by atoms with van der Waals surface area (Å²) in [4.78, 5) is 4.52. The van der Waals surface area contributed by atoms with Crippen molar-refractivity contribution in [3.63, 3.8) is 0 Å². The van der Waals surface area contributed by atoms with E-state index in [1.807, 2.05) is 18.2 Å². The fourth-order valence-corrected chi connectivity index (χ4v) is 1.46. The van der Waals surface area contributed by atoms with Gasteiger partial charge in [0.05, 0.1) is 5.69 Å². The molecular formula is C11H14NP. The van der Waals surface area contributed by atoms with Crippen LogP contribution in [-0.4, -0.2) is 12.0 Å². The lowest BCUT2D eigenvalue weighted by atomic mass is 10.3. The Morgan fingerprint density at radius 2 is 2.15 bits per heavy atom. The second kappa shape index (κ2) is 4.94. The van der Waals surface area contributed by atoms with E-state index >= 15 is 0 Å². The minimum absolute atomic E-state index is 1.00. The Balaban J connectivity index is 3.06. The van der Waals surface area contributed by atoms with E-state index in [9.17, 15) is 0 Å². The van der Waals surface area contributed by atoms with Gasteiger partial charge in [0.15, 0.2) is 0 Å². The van der Waals surface area contributed by atoms with Crippen LogP contribution in [0, 0.1) is 0 Å². The molecule has 1 rings (SSSR count). The molecule has 68 valence electrons. The molecule has 0 aromatic heterocycles. The number of benzene rings is 1. The predicted molar refractivity (Wildman–Crippen MR) is 63.2 cm³/mol. The first-order chi connectivity index (χ1) is 6.27. The molecule has 0 bridgehead atoms. The summed E-state index contributed by atoms with van der Waals surface area (Å²) in [7, 11) is 1.03. The first kappa shape index (κ1) is 10.1. The third-order valence-corrected chi connectivity index (χ3v) is 2.59. The maximum Gasteiger partial charge on any atom is 0.0746 e. The van der Waals surface area contributed by atoms with Crippen LogP contribution in [-0.2, 0) is 0 Å². The molecule has 0 N–H and O–H groups in total. The largest absolute Gasteiger partial charge is 0.257 e. The molecule has 0 atom stereocenters. The Hall–Kier alpha value is -0.940. The molecule has 1 aromatic carbocycles. The average molecular weight is 191 g/mol. The van der Waals surface area contributed by atoms with E-state index in [1.54, 1.807) is 0 Å². The fraction of sp³-hybridized carbons (Fsp3) is 0.273. The van der Waals surface area contributed by atoms with Gasteiger partial charge in [-0.2, -0.15) is 0 Å². The normalized spacial score (nSPS) is 12.0. The summed E-state index contributed by atoms with van der Waals surface area (Å²) in [5, 5.41) is 1.19. The Morgan fingerprint density at radius 3 is 2.77 bits per heavy atom. The van der Waals surface area contributed by atoms with Crippen LogP contribution in [0.4, 0.5) is 5.69 Å². The van der Waals surface area contributed by atoms with Gasteiger partial charge in [0, 0.05) is 11.0 Å². The van der Waals surface area contributed by atoms with Gasteiger partial charge in [-0.1, -0.05) is 33.6 Å². The van der Waals surface area contributed by atoms with Crippen LogP contribution >= 0.6 is 8.20 Å². The van der Waals surface area contributed by atoms with Crippen LogP contribution in [0.25, 0.3) is 0 Å². The Morgan fingerprint density at radius 1 is 1.46 bits per heavy atom. The predicted octanol–water partition coefficient (Wildman–Crippen LogP) is 3.19. The van der Waals surface area contributed by atoms with E-state index in [2.05, 4.69) is 31.2 Å². The van der Waals surface area contributed by atoms with Gasteiger partial charge in [-0.3, -0.25) is 4.99 Å². The maximum absolute atomic E-state index is 4.52. The van der Waals surface area contributed by atoms with Crippen molar-refractivity contribution in [1.29, 1.82) is 0 Å². The zero-order valence-electron chi connectivity index (χ0n) is 8.12. The topological polar surface area (TPSA) is 12.4 Å². The van der Waals surface area contributed by atoms with Gasteiger partial charge in [0.1, 0.15) is 0 Å². The van der Waals surface area contributed by atoms with Crippen molar-refractivity contribution in [1.82, 2.24) is 0 Å². The van der Waals surface area contributed by atoms with Gasteiger partial charge in [-0.15, -0.1) is 0 Å². The molecule has 0 saturated carbocycles. The van der Waals surface area contributed by atoms with Crippen LogP contribution in [0.5, 0.6) is 0 Å². The highest BCUT2D eigenvalue weighted by Crippen LogP contribution is 2.13. The lowest BCUT2D eigenvalue weighted by molar-refractivity contribution is 1.26. The summed E-state index contributed by atoms with van der Waals surface area (Å²) in [5.74, 6) is 0. The molecule has 0 spiro atoms. The summed E-state index contributed by atoms with van der Waals surface area (Å²) in [6, 6.07) is 8.13. The standard InChI is InChI=1S/C11H14NP/c1-4-9(2)12-10-7-5-6-8-11(10)13-3/h5-8H,3-4H2,1-2H3. The van der Waals surface area contributed by atoms with Crippen molar-refractivity contribution in [2.45, 2.75) is 20.3 Å². The van der Waals surface area contributed by atoms with Crippen LogP contribution in [0.15, 0.2) is 29.3 Å². The Labute approximate surface area is 81.3 Å². The summed E-state index contributed by atoms with van der Waals surface area (Å²) < 4.78 is 0. The van der Waals surface area contributed by atoms with Crippen molar-refractivity contribution in [3.8, 4) is 0 Å². The quantitative estimate of drug-likeness (QED) is 0.514. The van der Waals surface area contributed by atoms with Crippen LogP contribution < -0.4 is 5.30 Å². The molecule has 1 aromatic rings. The van der Waals surface area contributed by atoms with E-state index in [1.165, 1.54) is 5.30 Å². The third kappa shape index (κ3) is 2.78. The molecular weight excluding hydrogens is 177 g/mol. The molecule has 0 unspecified atom stereocenters. The first-order valence-electron chi connectivity index (χ1n) is 4.38. The van der Waals surface area contributed by atoms with Gasteiger partial charge < -0.3 is 0 Å². The lowest BCUT2D eigenvalue weighted by Gasteiger charge is -2.00. The minimum atomic E-state index is 1.00. The van der Waals surface area contributed by atoms with Crippen LogP contribution in [0.1, 0.15) is 20.3 Å². The highest BCUT2D eigenvalue weighted by molar-refractivity contribution is 7.46. The average Bonchev–Trinajstić information content (AvgIpc) is 2.18. The Kier molecular flexibility index (Phi) is 3.85. The molecule has 0 aliphatic carbocycles. The number of aliphatic imine (C=N–C) groups is 1. The first-order valence-corrected chi connectivity index (χ1v) is 5.45. The molecule has 0 radical (unpaired) electrons. The van der Waals surface area contributed by atoms with E-state index in [0.29, 0.717) is 0 Å². The lowest BCUT2D eigenvalue weighted by Crippen LogP contribution is -1.94. The van der Waals surface area contributed by atoms with Gasteiger partial charge in [-0.05, 0) is 25.5 Å². The van der Waals surface area contributed by atoms with Crippen molar-refractivity contribution in [3.05, 3.63) is 24.3 Å². The SMILES string of the molecule is C=Pc1ccccc1N=C(C)CC. The zero-order valence-corrected chi connectivity index (χ0v) is 9.01. The summed E-state index contributed by atoms with van der Waals surface area (Å²) >= 11 is 0. The van der Waals surface area contributed by atoms with Crippen LogP contribution in [0.2, 0.25) is 0 Å². The van der Waals surface area contributed by atoms with E-state index in [-0.39, 0.29) is 0 Å². The number of rotatable bonds is 3. The molecule has 0 fully saturated rings. The third-order valence-electron chi connectivity index (χ3n) is 1.88. The molecule has 0 aliphatic rings. The Bertz CT molecular complexity index is 329. The highest BCUT2D eigenvalue weighted by atomic mass is 31.1. The number of hydrogen-bond donors (Lipinski definition) is 0. The zero-order chi connectivity index (χ0) is 9.68. The van der Waals surface area contributed by atoms with E-state index in [4.69, 9.17) is 0 Å². The monoisotopic (exact) mass is 191 g/mol. The highest BCUT2D eigenvalue weighted by Gasteiger charge is 1.95. The van der Waals surface area contributed by atoms with E-state index < -0.39 is 0 Å². The fourth-order valence-electron chi connectivity index (χ4n) is 0.977. The summed E-state index contributed by atoms with van der Waals surface area (Å²) in [5.41, 5.74) is 2.22. The summed E-state index contributed by atoms with van der Waals surface area (Å²) in [6.45, 7) is 4.17. The van der Waals surface area contributed by atoms with Crippen molar-refractivity contribution in [2.24, 2.45) is 4.99 Å². The smallest absolute Gasteiger partial charge is 0.0746 e. The van der Waals surface area contributed by atoms with Gasteiger partial charge in [0.2, 0.25) is 0 Å². The minimum Gasteiger partial charge on any atom is -0.257 e. The van der Waals surface area contributed by atoms with Gasteiger partial charge in [-0.25, -0.2) is 0 Å². The van der Waals surface area contributed by atoms with Crippen molar-refractivity contribution < 1.29 is 0 Å². The van der Waals surface area contributed by atoms with Crippen molar-refractivity contribution in [2.75, 3.05) is 0 Å². The van der Waals surface area contributed by atoms with Gasteiger partial charge in [0.25, 0.3) is 0 Å². The molecule has 0 amide bonds. The number of hydrogen-bond acceptors (Lipinski definition) is 1. The van der Waals surface area contributed by atoms with Crippen LogP contribution in [0.3, 0.4) is 0 Å². The second-order valence-electron chi connectivity index (χ2n) is 2.85. The molecule has 0 saturated heterocycles. The second-order valence-corrected chi connectivity index (χ2v) is 3.65. The summed E-state index contributed by atoms with van der Waals surface area (Å²) in [6.07, 6.45) is 4.86. The van der Waals surface area contributed by atoms with Gasteiger partial charge >= 0.3 is 0 Å². The number of para-hydroxylation sites is 1. The molecule has 2 heteroatoms. The molecule has 0 heterocycles.